The van der Waals surface area contributed by atoms with Crippen LogP contribution in [0.1, 0.15) is 17.2 Å². The van der Waals surface area contributed by atoms with Crippen molar-refractivity contribution in [3.8, 4) is 0 Å². The molecule has 0 aliphatic carbocycles. The van der Waals surface area contributed by atoms with Crippen molar-refractivity contribution in [3.05, 3.63) is 80.6 Å². The molecule has 1 fully saturated rings. The molecular formula is C20H19BrN2O2. The van der Waals surface area contributed by atoms with Crippen LogP contribution in [0.3, 0.4) is 0 Å². The van der Waals surface area contributed by atoms with E-state index in [-0.39, 0.29) is 11.7 Å². The Bertz CT molecular complexity index is 954. The fraction of sp³-hybridized carbons (Fsp3) is 0.250. The average Bonchev–Trinajstić information content (AvgIpc) is 2.63. The number of nitrogens with zero attached hydrogens (tertiary/aromatic N) is 1. The molecule has 2 aromatic carbocycles. The third kappa shape index (κ3) is 3.54. The Morgan fingerprint density at radius 1 is 1.16 bits per heavy atom. The van der Waals surface area contributed by atoms with E-state index in [4.69, 9.17) is 4.74 Å². The van der Waals surface area contributed by atoms with E-state index in [2.05, 4.69) is 31.9 Å². The Morgan fingerprint density at radius 3 is 2.84 bits per heavy atom. The maximum absolute atomic E-state index is 12.4. The lowest BCUT2D eigenvalue weighted by Crippen LogP contribution is -2.39. The molecule has 4 rings (SSSR count). The molecule has 1 saturated heterocycles. The molecule has 128 valence electrons. The summed E-state index contributed by atoms with van der Waals surface area (Å²) < 4.78 is 7.02. The van der Waals surface area contributed by atoms with Gasteiger partial charge in [0.15, 0.2) is 0 Å². The normalized spacial score (nSPS) is 18.5. The standard InChI is InChI=1S/C20H19BrN2O2/c21-17-7-3-2-6-16(17)19-13-23(9-10-25-19)12-15-11-14-5-1-4-8-18(14)22-20(15)24/h1-8,11,19H,9-10,12-13H2,(H,22,24). The summed E-state index contributed by atoms with van der Waals surface area (Å²) in [6.45, 7) is 2.89. The molecule has 1 aromatic heterocycles. The topological polar surface area (TPSA) is 45.3 Å². The van der Waals surface area contributed by atoms with Gasteiger partial charge in [0.05, 0.1) is 12.7 Å². The molecule has 25 heavy (non-hydrogen) atoms. The number of hydrogen-bond donors (Lipinski definition) is 1. The fourth-order valence-electron chi connectivity index (χ4n) is 3.32. The van der Waals surface area contributed by atoms with Gasteiger partial charge in [-0.3, -0.25) is 9.69 Å². The summed E-state index contributed by atoms with van der Waals surface area (Å²) in [6, 6.07) is 18.0. The molecule has 0 bridgehead atoms. The lowest BCUT2D eigenvalue weighted by molar-refractivity contribution is -0.0333. The number of benzene rings is 2. The Morgan fingerprint density at radius 2 is 1.96 bits per heavy atom. The first kappa shape index (κ1) is 16.5. The number of aromatic amines is 1. The summed E-state index contributed by atoms with van der Waals surface area (Å²) in [4.78, 5) is 17.7. The third-order valence-electron chi connectivity index (χ3n) is 4.63. The van der Waals surface area contributed by atoms with Crippen LogP contribution in [0.4, 0.5) is 0 Å². The van der Waals surface area contributed by atoms with E-state index in [1.54, 1.807) is 0 Å². The van der Waals surface area contributed by atoms with Crippen LogP contribution in [0.2, 0.25) is 0 Å². The highest BCUT2D eigenvalue weighted by atomic mass is 79.9. The first-order valence-electron chi connectivity index (χ1n) is 8.40. The van der Waals surface area contributed by atoms with Crippen molar-refractivity contribution in [1.82, 2.24) is 9.88 Å². The van der Waals surface area contributed by atoms with Crippen molar-refractivity contribution >= 4 is 26.8 Å². The van der Waals surface area contributed by atoms with Gasteiger partial charge in [0, 0.05) is 35.2 Å². The number of pyridine rings is 1. The zero-order valence-electron chi connectivity index (χ0n) is 13.7. The average molecular weight is 399 g/mol. The number of aromatic nitrogens is 1. The monoisotopic (exact) mass is 398 g/mol. The van der Waals surface area contributed by atoms with E-state index < -0.39 is 0 Å². The van der Waals surface area contributed by atoms with E-state index in [0.717, 1.165) is 39.6 Å². The number of morpholine rings is 1. The molecule has 5 heteroatoms. The van der Waals surface area contributed by atoms with Crippen molar-refractivity contribution in [2.45, 2.75) is 12.6 Å². The second-order valence-electron chi connectivity index (χ2n) is 6.33. The summed E-state index contributed by atoms with van der Waals surface area (Å²) in [5, 5.41) is 1.06. The summed E-state index contributed by atoms with van der Waals surface area (Å²) in [6.07, 6.45) is 0.0175. The molecule has 0 spiro atoms. The number of nitrogens with one attached hydrogen (secondary N) is 1. The van der Waals surface area contributed by atoms with Crippen molar-refractivity contribution in [1.29, 1.82) is 0 Å². The number of hydrogen-bond acceptors (Lipinski definition) is 3. The van der Waals surface area contributed by atoms with Gasteiger partial charge in [0.1, 0.15) is 0 Å². The zero-order chi connectivity index (χ0) is 17.2. The van der Waals surface area contributed by atoms with Crippen molar-refractivity contribution < 1.29 is 4.74 Å². The number of halogens is 1. The van der Waals surface area contributed by atoms with Crippen LogP contribution in [-0.4, -0.2) is 29.6 Å². The molecule has 1 atom stereocenters. The van der Waals surface area contributed by atoms with Crippen LogP contribution in [0.15, 0.2) is 63.9 Å². The zero-order valence-corrected chi connectivity index (χ0v) is 15.3. The van der Waals surface area contributed by atoms with Gasteiger partial charge in [0.25, 0.3) is 5.56 Å². The number of para-hydroxylation sites is 1. The number of H-pyrrole nitrogens is 1. The highest BCUT2D eigenvalue weighted by Crippen LogP contribution is 2.29. The Labute approximate surface area is 154 Å². The fourth-order valence-corrected chi connectivity index (χ4v) is 3.86. The predicted molar refractivity (Wildman–Crippen MR) is 103 cm³/mol. The Kier molecular flexibility index (Phi) is 4.70. The van der Waals surface area contributed by atoms with Gasteiger partial charge in [-0.15, -0.1) is 0 Å². The van der Waals surface area contributed by atoms with Gasteiger partial charge < -0.3 is 9.72 Å². The van der Waals surface area contributed by atoms with Crippen LogP contribution in [0, 0.1) is 0 Å². The maximum Gasteiger partial charge on any atom is 0.252 e. The second-order valence-corrected chi connectivity index (χ2v) is 7.18. The second kappa shape index (κ2) is 7.12. The van der Waals surface area contributed by atoms with Gasteiger partial charge in [-0.1, -0.05) is 52.3 Å². The van der Waals surface area contributed by atoms with Crippen LogP contribution in [0.5, 0.6) is 0 Å². The smallest absolute Gasteiger partial charge is 0.252 e. The van der Waals surface area contributed by atoms with Crippen molar-refractivity contribution in [2.24, 2.45) is 0 Å². The van der Waals surface area contributed by atoms with Gasteiger partial charge in [-0.05, 0) is 29.1 Å². The molecule has 2 heterocycles. The number of ether oxygens (including phenoxy) is 1. The largest absolute Gasteiger partial charge is 0.371 e. The van der Waals surface area contributed by atoms with Crippen LogP contribution >= 0.6 is 15.9 Å². The Hall–Kier alpha value is -1.95. The molecular weight excluding hydrogens is 380 g/mol. The maximum atomic E-state index is 12.4. The number of fused-ring (bicyclic) bond motifs is 1. The molecule has 0 amide bonds. The van der Waals surface area contributed by atoms with Gasteiger partial charge in [-0.2, -0.15) is 0 Å². The molecule has 1 aliphatic rings. The molecule has 1 unspecified atom stereocenters. The highest BCUT2D eigenvalue weighted by molar-refractivity contribution is 9.10. The van der Waals surface area contributed by atoms with E-state index in [1.165, 1.54) is 0 Å². The molecule has 0 radical (unpaired) electrons. The summed E-state index contributed by atoms with van der Waals surface area (Å²) >= 11 is 3.60. The summed E-state index contributed by atoms with van der Waals surface area (Å²) in [5.74, 6) is 0. The van der Waals surface area contributed by atoms with Crippen molar-refractivity contribution in [2.75, 3.05) is 19.7 Å². The number of rotatable bonds is 3. The SMILES string of the molecule is O=c1[nH]c2ccccc2cc1CN1CCOC(c2ccccc2Br)C1. The molecule has 0 saturated carbocycles. The quantitative estimate of drug-likeness (QED) is 0.728. The van der Waals surface area contributed by atoms with Gasteiger partial charge in [0.2, 0.25) is 0 Å². The molecule has 3 aromatic rings. The Balaban J connectivity index is 1.56. The van der Waals surface area contributed by atoms with Crippen molar-refractivity contribution in [3.63, 3.8) is 0 Å². The molecule has 1 N–H and O–H groups in total. The molecule has 4 nitrogen and oxygen atoms in total. The van der Waals surface area contributed by atoms with E-state index in [1.807, 2.05) is 48.5 Å². The minimum atomic E-state index is -0.0115. The lowest BCUT2D eigenvalue weighted by Gasteiger charge is -2.33. The van der Waals surface area contributed by atoms with Gasteiger partial charge in [-0.25, -0.2) is 0 Å². The molecule has 1 aliphatic heterocycles. The highest BCUT2D eigenvalue weighted by Gasteiger charge is 2.24. The van der Waals surface area contributed by atoms with Crippen LogP contribution < -0.4 is 5.56 Å². The van der Waals surface area contributed by atoms with Crippen LogP contribution in [0.25, 0.3) is 10.9 Å². The van der Waals surface area contributed by atoms with Crippen LogP contribution in [-0.2, 0) is 11.3 Å². The predicted octanol–water partition coefficient (Wildman–Crippen LogP) is 3.86. The van der Waals surface area contributed by atoms with E-state index in [9.17, 15) is 4.79 Å². The van der Waals surface area contributed by atoms with E-state index in [0.29, 0.717) is 13.2 Å². The van der Waals surface area contributed by atoms with E-state index >= 15 is 0 Å². The lowest BCUT2D eigenvalue weighted by atomic mass is 10.1. The summed E-state index contributed by atoms with van der Waals surface area (Å²) in [5.41, 5.74) is 2.82. The minimum absolute atomic E-state index is 0.0115. The summed E-state index contributed by atoms with van der Waals surface area (Å²) in [7, 11) is 0. The minimum Gasteiger partial charge on any atom is -0.371 e. The first-order valence-corrected chi connectivity index (χ1v) is 9.19. The third-order valence-corrected chi connectivity index (χ3v) is 5.35. The first-order chi connectivity index (χ1) is 12.2. The van der Waals surface area contributed by atoms with Gasteiger partial charge >= 0.3 is 0 Å².